The molecule has 2 heterocycles. The van der Waals surface area contributed by atoms with Crippen molar-refractivity contribution < 1.29 is 4.79 Å². The van der Waals surface area contributed by atoms with Gasteiger partial charge in [0.2, 0.25) is 5.91 Å². The zero-order valence-electron chi connectivity index (χ0n) is 9.69. The van der Waals surface area contributed by atoms with Crippen molar-refractivity contribution in [2.24, 2.45) is 0 Å². The number of amides is 1. The third-order valence-electron chi connectivity index (χ3n) is 2.87. The summed E-state index contributed by atoms with van der Waals surface area (Å²) in [5.41, 5.74) is 0. The number of thiophene rings is 1. The van der Waals surface area contributed by atoms with Crippen molar-refractivity contribution in [1.82, 2.24) is 9.80 Å². The van der Waals surface area contributed by atoms with Crippen LogP contribution in [0.5, 0.6) is 0 Å². The van der Waals surface area contributed by atoms with Gasteiger partial charge >= 0.3 is 0 Å². The van der Waals surface area contributed by atoms with Crippen LogP contribution in [0.15, 0.2) is 17.5 Å². The van der Waals surface area contributed by atoms with E-state index in [1.54, 1.807) is 11.3 Å². The van der Waals surface area contributed by atoms with E-state index in [4.69, 9.17) is 0 Å². The number of carbonyl (C=O) groups excluding carboxylic acids is 1. The predicted molar refractivity (Wildman–Crippen MR) is 66.5 cm³/mol. The summed E-state index contributed by atoms with van der Waals surface area (Å²) in [4.78, 5) is 17.3. The fourth-order valence-electron chi connectivity index (χ4n) is 2.02. The molecule has 1 fully saturated rings. The second-order valence-electron chi connectivity index (χ2n) is 4.34. The Morgan fingerprint density at radius 3 is 2.88 bits per heavy atom. The summed E-state index contributed by atoms with van der Waals surface area (Å²) in [6.45, 7) is 3.31. The van der Waals surface area contributed by atoms with Gasteiger partial charge in [-0.1, -0.05) is 6.07 Å². The first-order chi connectivity index (χ1) is 7.75. The Bertz CT molecular complexity index is 331. The third kappa shape index (κ3) is 3.06. The van der Waals surface area contributed by atoms with Crippen molar-refractivity contribution in [3.63, 3.8) is 0 Å². The molecule has 4 heteroatoms. The van der Waals surface area contributed by atoms with Crippen LogP contribution in [-0.4, -0.2) is 42.4 Å². The number of carbonyl (C=O) groups is 1. The lowest BCUT2D eigenvalue weighted by Crippen LogP contribution is -2.36. The van der Waals surface area contributed by atoms with Crippen molar-refractivity contribution in [2.75, 3.05) is 26.7 Å². The van der Waals surface area contributed by atoms with Crippen LogP contribution in [0.1, 0.15) is 17.7 Å². The van der Waals surface area contributed by atoms with Crippen molar-refractivity contribution in [1.29, 1.82) is 0 Å². The van der Waals surface area contributed by atoms with Crippen LogP contribution in [0.4, 0.5) is 0 Å². The van der Waals surface area contributed by atoms with E-state index in [2.05, 4.69) is 22.4 Å². The van der Waals surface area contributed by atoms with Crippen LogP contribution in [0, 0.1) is 0 Å². The molecule has 0 spiro atoms. The molecule has 0 radical (unpaired) electrons. The molecule has 0 aliphatic carbocycles. The van der Waals surface area contributed by atoms with E-state index in [9.17, 15) is 4.79 Å². The summed E-state index contributed by atoms with van der Waals surface area (Å²) >= 11 is 1.74. The Morgan fingerprint density at radius 1 is 1.50 bits per heavy atom. The summed E-state index contributed by atoms with van der Waals surface area (Å²) in [6, 6.07) is 4.16. The minimum atomic E-state index is 0.275. The summed E-state index contributed by atoms with van der Waals surface area (Å²) < 4.78 is 0. The van der Waals surface area contributed by atoms with E-state index in [1.807, 2.05) is 11.9 Å². The molecule has 16 heavy (non-hydrogen) atoms. The maximum atomic E-state index is 11.9. The highest BCUT2D eigenvalue weighted by atomic mass is 32.1. The molecule has 0 N–H and O–H groups in total. The minimum absolute atomic E-state index is 0.275. The molecular formula is C12H18N2OS. The average molecular weight is 238 g/mol. The van der Waals surface area contributed by atoms with Crippen LogP contribution in [-0.2, 0) is 11.3 Å². The SMILES string of the molecule is CN(CC(=O)N1CCCC1)Cc1cccs1. The highest BCUT2D eigenvalue weighted by Gasteiger charge is 2.18. The lowest BCUT2D eigenvalue weighted by molar-refractivity contribution is -0.131. The van der Waals surface area contributed by atoms with Gasteiger partial charge in [-0.15, -0.1) is 11.3 Å². The second-order valence-corrected chi connectivity index (χ2v) is 5.37. The zero-order chi connectivity index (χ0) is 11.4. The van der Waals surface area contributed by atoms with Crippen LogP contribution < -0.4 is 0 Å². The molecule has 1 saturated heterocycles. The molecule has 88 valence electrons. The number of likely N-dealkylation sites (N-methyl/N-ethyl adjacent to an activating group) is 1. The quantitative estimate of drug-likeness (QED) is 0.798. The number of hydrogen-bond donors (Lipinski definition) is 0. The molecule has 1 aromatic heterocycles. The van der Waals surface area contributed by atoms with Gasteiger partial charge in [0.05, 0.1) is 6.54 Å². The normalized spacial score (nSPS) is 16.0. The average Bonchev–Trinajstić information content (AvgIpc) is 2.88. The first kappa shape index (κ1) is 11.6. The van der Waals surface area contributed by atoms with Crippen LogP contribution >= 0.6 is 11.3 Å². The smallest absolute Gasteiger partial charge is 0.236 e. The van der Waals surface area contributed by atoms with Gasteiger partial charge in [0.25, 0.3) is 0 Å². The Labute approximate surface area is 101 Å². The molecule has 0 bridgehead atoms. The van der Waals surface area contributed by atoms with Crippen molar-refractivity contribution in [2.45, 2.75) is 19.4 Å². The summed E-state index contributed by atoms with van der Waals surface area (Å²) in [5.74, 6) is 0.275. The lowest BCUT2D eigenvalue weighted by atomic mass is 10.4. The zero-order valence-corrected chi connectivity index (χ0v) is 10.5. The van der Waals surface area contributed by atoms with E-state index in [0.717, 1.165) is 19.6 Å². The summed E-state index contributed by atoms with van der Waals surface area (Å²) in [7, 11) is 2.01. The molecule has 0 atom stereocenters. The monoisotopic (exact) mass is 238 g/mol. The molecule has 1 aliphatic rings. The largest absolute Gasteiger partial charge is 0.342 e. The summed E-state index contributed by atoms with van der Waals surface area (Å²) in [5, 5.41) is 2.07. The predicted octanol–water partition coefficient (Wildman–Crippen LogP) is 1.80. The third-order valence-corrected chi connectivity index (χ3v) is 3.73. The van der Waals surface area contributed by atoms with E-state index >= 15 is 0 Å². The van der Waals surface area contributed by atoms with Gasteiger partial charge in [-0.2, -0.15) is 0 Å². The Kier molecular flexibility index (Phi) is 3.96. The first-order valence-electron chi connectivity index (χ1n) is 5.74. The maximum absolute atomic E-state index is 11.9. The fourth-order valence-corrected chi connectivity index (χ4v) is 2.81. The molecule has 0 aromatic carbocycles. The van der Waals surface area contributed by atoms with Gasteiger partial charge in [0, 0.05) is 24.5 Å². The van der Waals surface area contributed by atoms with Crippen molar-refractivity contribution >= 4 is 17.2 Å². The standard InChI is InChI=1S/C12H18N2OS/c1-13(9-11-5-4-8-16-11)10-12(15)14-6-2-3-7-14/h4-5,8H,2-3,6-7,9-10H2,1H3. The number of hydrogen-bond acceptors (Lipinski definition) is 3. The van der Waals surface area contributed by atoms with E-state index in [-0.39, 0.29) is 5.91 Å². The van der Waals surface area contributed by atoms with Crippen molar-refractivity contribution in [3.05, 3.63) is 22.4 Å². The maximum Gasteiger partial charge on any atom is 0.236 e. The van der Waals surface area contributed by atoms with Crippen LogP contribution in [0.3, 0.4) is 0 Å². The first-order valence-corrected chi connectivity index (χ1v) is 6.62. The Hall–Kier alpha value is -0.870. The number of nitrogens with zero attached hydrogens (tertiary/aromatic N) is 2. The molecular weight excluding hydrogens is 220 g/mol. The van der Waals surface area contributed by atoms with Crippen molar-refractivity contribution in [3.8, 4) is 0 Å². The van der Waals surface area contributed by atoms with Gasteiger partial charge in [0.15, 0.2) is 0 Å². The fraction of sp³-hybridized carbons (Fsp3) is 0.583. The Morgan fingerprint density at radius 2 is 2.25 bits per heavy atom. The Balaban J connectivity index is 1.78. The highest BCUT2D eigenvalue weighted by Crippen LogP contribution is 2.12. The van der Waals surface area contributed by atoms with Crippen LogP contribution in [0.25, 0.3) is 0 Å². The highest BCUT2D eigenvalue weighted by molar-refractivity contribution is 7.09. The molecule has 3 nitrogen and oxygen atoms in total. The molecule has 1 aliphatic heterocycles. The number of likely N-dealkylation sites (tertiary alicyclic amines) is 1. The van der Waals surface area contributed by atoms with Crippen LogP contribution in [0.2, 0.25) is 0 Å². The van der Waals surface area contributed by atoms with Gasteiger partial charge in [-0.25, -0.2) is 0 Å². The molecule has 1 aromatic rings. The van der Waals surface area contributed by atoms with E-state index in [0.29, 0.717) is 6.54 Å². The van der Waals surface area contributed by atoms with E-state index < -0.39 is 0 Å². The molecule has 1 amide bonds. The molecule has 2 rings (SSSR count). The van der Waals surface area contributed by atoms with Gasteiger partial charge in [0.1, 0.15) is 0 Å². The van der Waals surface area contributed by atoms with Gasteiger partial charge < -0.3 is 4.90 Å². The lowest BCUT2D eigenvalue weighted by Gasteiger charge is -2.20. The van der Waals surface area contributed by atoms with Gasteiger partial charge in [-0.05, 0) is 31.3 Å². The van der Waals surface area contributed by atoms with Gasteiger partial charge in [-0.3, -0.25) is 9.69 Å². The second kappa shape index (κ2) is 5.46. The number of rotatable bonds is 4. The topological polar surface area (TPSA) is 23.6 Å². The minimum Gasteiger partial charge on any atom is -0.342 e. The van der Waals surface area contributed by atoms with E-state index in [1.165, 1.54) is 17.7 Å². The summed E-state index contributed by atoms with van der Waals surface area (Å²) in [6.07, 6.45) is 2.33. The molecule has 0 saturated carbocycles. The molecule has 0 unspecified atom stereocenters.